The summed E-state index contributed by atoms with van der Waals surface area (Å²) in [6.45, 7) is 2.45. The van der Waals surface area contributed by atoms with Gasteiger partial charge in [0.15, 0.2) is 22.5 Å². The van der Waals surface area contributed by atoms with Gasteiger partial charge in [-0.05, 0) is 66.1 Å². The van der Waals surface area contributed by atoms with E-state index in [0.29, 0.717) is 42.2 Å². The molecule has 1 aromatic heterocycles. The lowest BCUT2D eigenvalue weighted by atomic mass is 9.86. The summed E-state index contributed by atoms with van der Waals surface area (Å²) in [5, 5.41) is 3.71. The number of nitrogens with one attached hydrogen (secondary N) is 1. The highest BCUT2D eigenvalue weighted by atomic mass is 35.5. The lowest BCUT2D eigenvalue weighted by Gasteiger charge is -2.35. The fraction of sp³-hybridized carbons (Fsp3) is 0.333. The number of para-hydroxylation sites is 1. The number of methoxy groups -OCH3 is 1. The van der Waals surface area contributed by atoms with Crippen molar-refractivity contribution in [2.45, 2.75) is 50.6 Å². The molecule has 3 amide bonds. The molecular weight excluding hydrogens is 606 g/mol. The number of ether oxygens (including phenoxy) is 1. The molecule has 10 heteroatoms. The molecule has 3 aromatic carbocycles. The molecule has 4 aromatic rings. The van der Waals surface area contributed by atoms with E-state index in [1.165, 1.54) is 12.7 Å². The summed E-state index contributed by atoms with van der Waals surface area (Å²) in [5.74, 6) is -0.302. The lowest BCUT2D eigenvalue weighted by molar-refractivity contribution is -0.134. The van der Waals surface area contributed by atoms with Gasteiger partial charge < -0.3 is 24.3 Å². The van der Waals surface area contributed by atoms with E-state index in [1.807, 2.05) is 29.2 Å². The van der Waals surface area contributed by atoms with E-state index in [-0.39, 0.29) is 40.9 Å². The SMILES string of the molecule is COc1cccc2c(=O)cc(C(=O)N[C@@H](Cc3ccc(Cl)cc3)C(=O)N3CCC(c4ccccc4CN4CCCC4=O)CC3)oc12. The molecule has 6 rings (SSSR count). The predicted molar refractivity (Wildman–Crippen MR) is 175 cm³/mol. The summed E-state index contributed by atoms with van der Waals surface area (Å²) < 4.78 is 11.2. The van der Waals surface area contributed by atoms with Crippen LogP contribution in [-0.4, -0.2) is 60.3 Å². The van der Waals surface area contributed by atoms with Crippen molar-refractivity contribution in [3.05, 3.63) is 110 Å². The minimum absolute atomic E-state index is 0.166. The molecule has 9 nitrogen and oxygen atoms in total. The zero-order valence-electron chi connectivity index (χ0n) is 25.7. The molecule has 3 heterocycles. The molecule has 0 saturated carbocycles. The van der Waals surface area contributed by atoms with Gasteiger partial charge in [0.2, 0.25) is 11.8 Å². The lowest BCUT2D eigenvalue weighted by Crippen LogP contribution is -2.51. The van der Waals surface area contributed by atoms with Gasteiger partial charge in [-0.15, -0.1) is 0 Å². The van der Waals surface area contributed by atoms with Crippen LogP contribution in [0.3, 0.4) is 0 Å². The van der Waals surface area contributed by atoms with Gasteiger partial charge in [0, 0.05) is 50.1 Å². The molecule has 238 valence electrons. The first-order chi connectivity index (χ1) is 22.3. The summed E-state index contributed by atoms with van der Waals surface area (Å²) >= 11 is 6.10. The molecule has 2 saturated heterocycles. The Labute approximate surface area is 272 Å². The van der Waals surface area contributed by atoms with Crippen LogP contribution in [0.1, 0.15) is 58.8 Å². The minimum Gasteiger partial charge on any atom is -0.493 e. The van der Waals surface area contributed by atoms with Crippen LogP contribution in [0.2, 0.25) is 5.02 Å². The van der Waals surface area contributed by atoms with Crippen LogP contribution < -0.4 is 15.5 Å². The maximum absolute atomic E-state index is 14.0. The molecule has 2 aliphatic heterocycles. The van der Waals surface area contributed by atoms with E-state index >= 15 is 0 Å². The molecule has 1 N–H and O–H groups in total. The molecule has 0 aliphatic carbocycles. The molecule has 46 heavy (non-hydrogen) atoms. The number of benzene rings is 3. The Bertz CT molecular complexity index is 1810. The number of carbonyl (C=O) groups excluding carboxylic acids is 3. The summed E-state index contributed by atoms with van der Waals surface area (Å²) in [4.78, 5) is 56.4. The normalized spacial score (nSPS) is 16.1. The van der Waals surface area contributed by atoms with Crippen molar-refractivity contribution < 1.29 is 23.5 Å². The fourth-order valence-corrected chi connectivity index (χ4v) is 6.62. The molecule has 0 bridgehead atoms. The van der Waals surface area contributed by atoms with Crippen molar-refractivity contribution in [2.75, 3.05) is 26.7 Å². The smallest absolute Gasteiger partial charge is 0.287 e. The average molecular weight is 642 g/mol. The first kappa shape index (κ1) is 31.4. The highest BCUT2D eigenvalue weighted by Gasteiger charge is 2.32. The van der Waals surface area contributed by atoms with Gasteiger partial charge in [-0.2, -0.15) is 0 Å². The summed E-state index contributed by atoms with van der Waals surface area (Å²) in [6, 6.07) is 20.6. The number of hydrogen-bond acceptors (Lipinski definition) is 6. The first-order valence-corrected chi connectivity index (χ1v) is 16.0. The Morgan fingerprint density at radius 3 is 2.48 bits per heavy atom. The fourth-order valence-electron chi connectivity index (χ4n) is 6.49. The summed E-state index contributed by atoms with van der Waals surface area (Å²) in [7, 11) is 1.46. The monoisotopic (exact) mass is 641 g/mol. The van der Waals surface area contributed by atoms with Crippen LogP contribution in [0.4, 0.5) is 0 Å². The quantitative estimate of drug-likeness (QED) is 0.265. The van der Waals surface area contributed by atoms with Crippen LogP contribution in [0, 0.1) is 0 Å². The minimum atomic E-state index is -0.905. The molecule has 0 spiro atoms. The van der Waals surface area contributed by atoms with Crippen molar-refractivity contribution in [2.24, 2.45) is 0 Å². The number of rotatable bonds is 9. The topological polar surface area (TPSA) is 109 Å². The summed E-state index contributed by atoms with van der Waals surface area (Å²) in [5.41, 5.74) is 2.98. The van der Waals surface area contributed by atoms with E-state index < -0.39 is 11.9 Å². The second kappa shape index (κ2) is 13.8. The van der Waals surface area contributed by atoms with E-state index in [0.717, 1.165) is 43.0 Å². The Balaban J connectivity index is 1.19. The van der Waals surface area contributed by atoms with E-state index in [1.54, 1.807) is 35.2 Å². The Hall–Kier alpha value is -4.63. The number of nitrogens with zero attached hydrogens (tertiary/aromatic N) is 2. The largest absolute Gasteiger partial charge is 0.493 e. The molecule has 2 aliphatic rings. The third kappa shape index (κ3) is 6.79. The van der Waals surface area contributed by atoms with Gasteiger partial charge in [-0.3, -0.25) is 19.2 Å². The third-order valence-corrected chi connectivity index (χ3v) is 9.20. The standard InChI is InChI=1S/C36H36ClN3O6/c1-45-31-9-4-8-28-30(41)21-32(46-34(28)31)35(43)38-29(20-23-11-13-26(37)14-12-23)36(44)39-18-15-24(16-19-39)27-7-3-2-6-25(27)22-40-17-5-10-33(40)42/h2-4,6-9,11-14,21,24,29H,5,10,15-20,22H2,1H3,(H,38,43)/t29-/m0/s1. The van der Waals surface area contributed by atoms with Gasteiger partial charge in [-0.1, -0.05) is 54.1 Å². The maximum atomic E-state index is 14.0. The number of piperidine rings is 1. The Kier molecular flexibility index (Phi) is 9.40. The number of fused-ring (bicyclic) bond motifs is 1. The number of likely N-dealkylation sites (tertiary alicyclic amines) is 2. The van der Waals surface area contributed by atoms with Crippen LogP contribution in [-0.2, 0) is 22.6 Å². The second-order valence-electron chi connectivity index (χ2n) is 11.9. The van der Waals surface area contributed by atoms with Crippen molar-refractivity contribution in [1.82, 2.24) is 15.1 Å². The van der Waals surface area contributed by atoms with Gasteiger partial charge >= 0.3 is 0 Å². The van der Waals surface area contributed by atoms with E-state index in [2.05, 4.69) is 17.4 Å². The molecular formula is C36H36ClN3O6. The third-order valence-electron chi connectivity index (χ3n) is 8.95. The van der Waals surface area contributed by atoms with Crippen molar-refractivity contribution >= 4 is 40.3 Å². The van der Waals surface area contributed by atoms with Crippen molar-refractivity contribution in [1.29, 1.82) is 0 Å². The summed E-state index contributed by atoms with van der Waals surface area (Å²) in [6.07, 6.45) is 3.26. The predicted octanol–water partition coefficient (Wildman–Crippen LogP) is 5.32. The van der Waals surface area contributed by atoms with Gasteiger partial charge in [0.25, 0.3) is 5.91 Å². The van der Waals surface area contributed by atoms with Gasteiger partial charge in [0.05, 0.1) is 12.5 Å². The number of halogens is 1. The highest BCUT2D eigenvalue weighted by Crippen LogP contribution is 2.32. The number of hydrogen-bond donors (Lipinski definition) is 1. The second-order valence-corrected chi connectivity index (χ2v) is 12.3. The van der Waals surface area contributed by atoms with Gasteiger partial charge in [-0.25, -0.2) is 0 Å². The highest BCUT2D eigenvalue weighted by molar-refractivity contribution is 6.30. The molecule has 0 unspecified atom stereocenters. The maximum Gasteiger partial charge on any atom is 0.287 e. The first-order valence-electron chi connectivity index (χ1n) is 15.6. The van der Waals surface area contributed by atoms with Gasteiger partial charge in [0.1, 0.15) is 6.04 Å². The molecule has 0 radical (unpaired) electrons. The van der Waals surface area contributed by atoms with E-state index in [4.69, 9.17) is 20.8 Å². The van der Waals surface area contributed by atoms with Crippen LogP contribution in [0.15, 0.2) is 82.0 Å². The van der Waals surface area contributed by atoms with Crippen molar-refractivity contribution in [3.63, 3.8) is 0 Å². The average Bonchev–Trinajstić information content (AvgIpc) is 3.48. The van der Waals surface area contributed by atoms with Crippen LogP contribution in [0.25, 0.3) is 11.0 Å². The van der Waals surface area contributed by atoms with Crippen LogP contribution >= 0.6 is 11.6 Å². The Morgan fingerprint density at radius 1 is 1.00 bits per heavy atom. The zero-order chi connectivity index (χ0) is 32.2. The van der Waals surface area contributed by atoms with Crippen LogP contribution in [0.5, 0.6) is 5.75 Å². The Morgan fingerprint density at radius 2 is 1.76 bits per heavy atom. The number of amides is 3. The zero-order valence-corrected chi connectivity index (χ0v) is 26.4. The number of carbonyl (C=O) groups is 3. The van der Waals surface area contributed by atoms with E-state index in [9.17, 15) is 19.2 Å². The molecule has 2 fully saturated rings. The molecule has 1 atom stereocenters. The van der Waals surface area contributed by atoms with Crippen molar-refractivity contribution in [3.8, 4) is 5.75 Å².